The van der Waals surface area contributed by atoms with Gasteiger partial charge < -0.3 is 9.84 Å². The summed E-state index contributed by atoms with van der Waals surface area (Å²) in [6.45, 7) is 6.28. The van der Waals surface area contributed by atoms with Crippen LogP contribution < -0.4 is 10.2 Å². The molecule has 0 fully saturated rings. The normalized spacial score (nSPS) is 15.9. The lowest BCUT2D eigenvalue weighted by Gasteiger charge is -2.37. The van der Waals surface area contributed by atoms with E-state index in [0.717, 1.165) is 28.1 Å². The predicted octanol–water partition coefficient (Wildman–Crippen LogP) is 6.94. The number of benzene rings is 3. The minimum absolute atomic E-state index is 0.210. The van der Waals surface area contributed by atoms with Gasteiger partial charge in [0.05, 0.1) is 11.6 Å². The molecule has 1 aromatic heterocycles. The van der Waals surface area contributed by atoms with E-state index in [-0.39, 0.29) is 6.04 Å². The fourth-order valence-corrected chi connectivity index (χ4v) is 5.05. The predicted molar refractivity (Wildman–Crippen MR) is 147 cm³/mol. The van der Waals surface area contributed by atoms with Gasteiger partial charge >= 0.3 is 0 Å². The molecule has 1 N–H and O–H groups in total. The lowest BCUT2D eigenvalue weighted by atomic mass is 9.94. The molecule has 35 heavy (non-hydrogen) atoms. The molecule has 0 radical (unpaired) electrons. The minimum atomic E-state index is -0.210. The summed E-state index contributed by atoms with van der Waals surface area (Å²) < 4.78 is 5.87. The van der Waals surface area contributed by atoms with Gasteiger partial charge in [0.15, 0.2) is 5.11 Å². The fraction of sp³-hybridized carbons (Fsp3) is 0.179. The number of hydrogen-bond acceptors (Lipinski definition) is 5. The van der Waals surface area contributed by atoms with Crippen molar-refractivity contribution in [1.82, 2.24) is 15.5 Å². The van der Waals surface area contributed by atoms with E-state index in [9.17, 15) is 0 Å². The van der Waals surface area contributed by atoms with Crippen molar-refractivity contribution in [3.05, 3.63) is 101 Å². The maximum atomic E-state index is 5.87. The molecule has 5 nitrogen and oxygen atoms in total. The van der Waals surface area contributed by atoms with Crippen LogP contribution in [0.5, 0.6) is 0 Å². The minimum Gasteiger partial charge on any atom is -0.351 e. The highest BCUT2D eigenvalue weighted by atomic mass is 32.2. The SMILES string of the molecule is CSc1ccc(-c2noc(C3=C(C)N(c4ccc(C)c(C)c4)C(=S)NC3c3ccccc3)n2)cc1. The average molecular weight is 499 g/mol. The first-order valence-corrected chi connectivity index (χ1v) is 13.0. The molecule has 7 heteroatoms. The van der Waals surface area contributed by atoms with Crippen LogP contribution in [0.4, 0.5) is 5.69 Å². The van der Waals surface area contributed by atoms with Crippen LogP contribution in [-0.4, -0.2) is 21.5 Å². The van der Waals surface area contributed by atoms with Crippen LogP contribution >= 0.6 is 24.0 Å². The molecule has 1 unspecified atom stereocenters. The summed E-state index contributed by atoms with van der Waals surface area (Å²) >= 11 is 7.56. The van der Waals surface area contributed by atoms with Crippen molar-refractivity contribution >= 4 is 40.4 Å². The van der Waals surface area contributed by atoms with Crippen molar-refractivity contribution in [2.45, 2.75) is 31.7 Å². The quantitative estimate of drug-likeness (QED) is 0.236. The van der Waals surface area contributed by atoms with Gasteiger partial charge in [0.25, 0.3) is 5.89 Å². The van der Waals surface area contributed by atoms with Crippen molar-refractivity contribution in [1.29, 1.82) is 0 Å². The Morgan fingerprint density at radius 1 is 0.943 bits per heavy atom. The number of thiocarbonyl (C=S) groups is 1. The molecular weight excluding hydrogens is 472 g/mol. The number of allylic oxidation sites excluding steroid dienone is 1. The van der Waals surface area contributed by atoms with E-state index in [1.807, 2.05) is 35.2 Å². The summed E-state index contributed by atoms with van der Waals surface area (Å²) in [5, 5.41) is 8.48. The maximum Gasteiger partial charge on any atom is 0.258 e. The molecule has 0 saturated heterocycles. The van der Waals surface area contributed by atoms with Crippen molar-refractivity contribution in [3.63, 3.8) is 0 Å². The molecule has 5 rings (SSSR count). The molecule has 2 heterocycles. The van der Waals surface area contributed by atoms with Gasteiger partial charge in [-0.2, -0.15) is 4.98 Å². The van der Waals surface area contributed by atoms with Crippen molar-refractivity contribution < 1.29 is 4.52 Å². The highest BCUT2D eigenvalue weighted by Gasteiger charge is 2.34. The number of anilines is 1. The molecule has 176 valence electrons. The first-order valence-electron chi connectivity index (χ1n) is 11.4. The summed E-state index contributed by atoms with van der Waals surface area (Å²) in [6, 6.07) is 24.5. The second kappa shape index (κ2) is 9.68. The molecule has 1 aliphatic heterocycles. The van der Waals surface area contributed by atoms with E-state index in [2.05, 4.69) is 80.0 Å². The third kappa shape index (κ3) is 4.49. The number of hydrogen-bond donors (Lipinski definition) is 1. The summed E-state index contributed by atoms with van der Waals surface area (Å²) in [5.41, 5.74) is 7.30. The molecule has 0 bridgehead atoms. The molecule has 1 atom stereocenters. The monoisotopic (exact) mass is 498 g/mol. The number of thioether (sulfide) groups is 1. The lowest BCUT2D eigenvalue weighted by molar-refractivity contribution is 0.404. The Balaban J connectivity index is 1.63. The van der Waals surface area contributed by atoms with E-state index >= 15 is 0 Å². The average Bonchev–Trinajstić information content (AvgIpc) is 3.36. The lowest BCUT2D eigenvalue weighted by Crippen LogP contribution is -2.46. The van der Waals surface area contributed by atoms with Gasteiger partial charge in [0, 0.05) is 21.8 Å². The number of nitrogens with one attached hydrogen (secondary N) is 1. The van der Waals surface area contributed by atoms with Gasteiger partial charge in [-0.15, -0.1) is 11.8 Å². The first-order chi connectivity index (χ1) is 17.0. The summed E-state index contributed by atoms with van der Waals surface area (Å²) in [4.78, 5) is 8.06. The number of aromatic nitrogens is 2. The van der Waals surface area contributed by atoms with Gasteiger partial charge in [-0.3, -0.25) is 4.90 Å². The zero-order chi connectivity index (χ0) is 24.5. The summed E-state index contributed by atoms with van der Waals surface area (Å²) in [5.74, 6) is 1.04. The Morgan fingerprint density at radius 3 is 2.37 bits per heavy atom. The van der Waals surface area contributed by atoms with E-state index in [1.54, 1.807) is 11.8 Å². The maximum absolute atomic E-state index is 5.87. The third-order valence-electron chi connectivity index (χ3n) is 6.37. The Bertz CT molecular complexity index is 1410. The van der Waals surface area contributed by atoms with Gasteiger partial charge in [0.1, 0.15) is 0 Å². The van der Waals surface area contributed by atoms with Gasteiger partial charge in [-0.05, 0) is 92.3 Å². The van der Waals surface area contributed by atoms with E-state index in [0.29, 0.717) is 16.8 Å². The van der Waals surface area contributed by atoms with Crippen LogP contribution in [0.2, 0.25) is 0 Å². The van der Waals surface area contributed by atoms with Crippen molar-refractivity contribution in [3.8, 4) is 11.4 Å². The molecule has 0 aliphatic carbocycles. The van der Waals surface area contributed by atoms with Crippen LogP contribution in [0.15, 0.2) is 87.9 Å². The van der Waals surface area contributed by atoms with Crippen LogP contribution in [0.3, 0.4) is 0 Å². The molecular formula is C28H26N4OS2. The van der Waals surface area contributed by atoms with E-state index < -0.39 is 0 Å². The largest absolute Gasteiger partial charge is 0.351 e. The standard InChI is InChI=1S/C28H26N4OS2/c1-17-10-13-22(16-18(17)2)32-19(3)24(25(29-28(32)34)20-8-6-5-7-9-20)27-30-26(31-33-27)21-11-14-23(35-4)15-12-21/h5-16,25H,1-4H3,(H,29,34). The van der Waals surface area contributed by atoms with Crippen LogP contribution in [0.1, 0.15) is 35.5 Å². The first kappa shape index (κ1) is 23.3. The molecule has 4 aromatic rings. The Hall–Kier alpha value is -3.42. The van der Waals surface area contributed by atoms with Crippen molar-refractivity contribution in [2.24, 2.45) is 0 Å². The van der Waals surface area contributed by atoms with E-state index in [1.165, 1.54) is 16.0 Å². The van der Waals surface area contributed by atoms with Gasteiger partial charge in [-0.1, -0.05) is 41.6 Å². The van der Waals surface area contributed by atoms with E-state index in [4.69, 9.17) is 21.7 Å². The zero-order valence-corrected chi connectivity index (χ0v) is 21.7. The number of nitrogens with zero attached hydrogens (tertiary/aromatic N) is 3. The third-order valence-corrected chi connectivity index (χ3v) is 7.42. The van der Waals surface area contributed by atoms with Crippen molar-refractivity contribution in [2.75, 3.05) is 11.2 Å². The van der Waals surface area contributed by atoms with Gasteiger partial charge in [0.2, 0.25) is 5.82 Å². The van der Waals surface area contributed by atoms with Gasteiger partial charge in [-0.25, -0.2) is 0 Å². The zero-order valence-electron chi connectivity index (χ0n) is 20.1. The highest BCUT2D eigenvalue weighted by Crippen LogP contribution is 2.39. The summed E-state index contributed by atoms with van der Waals surface area (Å²) in [7, 11) is 0. The highest BCUT2D eigenvalue weighted by molar-refractivity contribution is 7.98. The van der Waals surface area contributed by atoms with Crippen LogP contribution in [0, 0.1) is 13.8 Å². The molecule has 1 aliphatic rings. The summed E-state index contributed by atoms with van der Waals surface area (Å²) in [6.07, 6.45) is 2.06. The molecule has 0 saturated carbocycles. The molecule has 3 aromatic carbocycles. The Labute approximate surface area is 215 Å². The topological polar surface area (TPSA) is 54.2 Å². The number of rotatable bonds is 5. The van der Waals surface area contributed by atoms with Crippen LogP contribution in [-0.2, 0) is 0 Å². The smallest absolute Gasteiger partial charge is 0.258 e. The fourth-order valence-electron chi connectivity index (χ4n) is 4.28. The molecule has 0 spiro atoms. The van der Waals surface area contributed by atoms with Crippen LogP contribution in [0.25, 0.3) is 17.0 Å². The Kier molecular flexibility index (Phi) is 6.45. The second-order valence-corrected chi connectivity index (χ2v) is 9.81. The Morgan fingerprint density at radius 2 is 1.69 bits per heavy atom. The second-order valence-electron chi connectivity index (χ2n) is 8.55. The number of aryl methyl sites for hydroxylation is 2. The molecule has 0 amide bonds.